The minimum atomic E-state index is -0.394. The zero-order valence-corrected chi connectivity index (χ0v) is 21.9. The molecule has 0 aliphatic heterocycles. The van der Waals surface area contributed by atoms with Gasteiger partial charge in [-0.1, -0.05) is 58.3 Å². The zero-order valence-electron chi connectivity index (χ0n) is 21.9. The number of hydrogen-bond donors (Lipinski definition) is 0. The molecule has 5 nitrogen and oxygen atoms in total. The molecule has 0 fully saturated rings. The van der Waals surface area contributed by atoms with Crippen LogP contribution in [0.4, 0.5) is 0 Å². The van der Waals surface area contributed by atoms with Gasteiger partial charge in [-0.25, -0.2) is 4.79 Å². The van der Waals surface area contributed by atoms with Crippen LogP contribution in [0.25, 0.3) is 0 Å². The Kier molecular flexibility index (Phi) is 14.6. The third kappa shape index (κ3) is 12.7. The highest BCUT2D eigenvalue weighted by atomic mass is 16.5. The first-order valence-corrected chi connectivity index (χ1v) is 13.4. The van der Waals surface area contributed by atoms with Crippen molar-refractivity contribution in [3.63, 3.8) is 0 Å². The van der Waals surface area contributed by atoms with E-state index in [9.17, 15) is 4.79 Å². The topological polar surface area (TPSA) is 54.0 Å². The van der Waals surface area contributed by atoms with Crippen molar-refractivity contribution in [3.8, 4) is 17.2 Å². The van der Waals surface area contributed by atoms with Crippen LogP contribution in [0.5, 0.6) is 17.2 Å². The van der Waals surface area contributed by atoms with Gasteiger partial charge in [0.15, 0.2) is 0 Å². The molecule has 1 unspecified atom stereocenters. The molecule has 5 heteroatoms. The molecule has 0 saturated heterocycles. The second kappa shape index (κ2) is 17.8. The third-order valence-electron chi connectivity index (χ3n) is 5.89. The van der Waals surface area contributed by atoms with E-state index in [1.165, 1.54) is 51.4 Å². The molecule has 0 N–H and O–H groups in total. The first-order chi connectivity index (χ1) is 17.1. The molecule has 194 valence electrons. The molecule has 2 aromatic rings. The average Bonchev–Trinajstić information content (AvgIpc) is 2.87. The summed E-state index contributed by atoms with van der Waals surface area (Å²) in [6.45, 7) is 8.26. The Morgan fingerprint density at radius 3 is 1.80 bits per heavy atom. The molecule has 2 rings (SSSR count). The minimum absolute atomic E-state index is 0.173. The molecule has 0 saturated carbocycles. The normalized spacial score (nSPS) is 11.7. The molecular formula is C30H44O5. The summed E-state index contributed by atoms with van der Waals surface area (Å²) in [7, 11) is 0. The van der Waals surface area contributed by atoms with Crippen molar-refractivity contribution < 1.29 is 23.7 Å². The number of benzene rings is 2. The van der Waals surface area contributed by atoms with E-state index in [0.29, 0.717) is 31.1 Å². The Hall–Kier alpha value is -2.53. The number of esters is 1. The lowest BCUT2D eigenvalue weighted by molar-refractivity contribution is 0.0595. The van der Waals surface area contributed by atoms with E-state index >= 15 is 0 Å². The van der Waals surface area contributed by atoms with Crippen LogP contribution in [0.3, 0.4) is 0 Å². The fourth-order valence-corrected chi connectivity index (χ4v) is 3.77. The van der Waals surface area contributed by atoms with Gasteiger partial charge in [0, 0.05) is 13.0 Å². The lowest BCUT2D eigenvalue weighted by Crippen LogP contribution is -2.12. The summed E-state index contributed by atoms with van der Waals surface area (Å²) >= 11 is 0. The summed E-state index contributed by atoms with van der Waals surface area (Å²) in [4.78, 5) is 12.5. The maximum atomic E-state index is 12.5. The van der Waals surface area contributed by atoms with Crippen LogP contribution in [0.2, 0.25) is 0 Å². The number of carbonyl (C=O) groups excluding carboxylic acids is 1. The first kappa shape index (κ1) is 28.7. The van der Waals surface area contributed by atoms with Crippen LogP contribution in [0.15, 0.2) is 48.5 Å². The van der Waals surface area contributed by atoms with Crippen LogP contribution in [0.1, 0.15) is 95.3 Å². The van der Waals surface area contributed by atoms with E-state index in [0.717, 1.165) is 24.3 Å². The lowest BCUT2D eigenvalue weighted by atomic mass is 10.1. The van der Waals surface area contributed by atoms with Gasteiger partial charge in [-0.3, -0.25) is 0 Å². The summed E-state index contributed by atoms with van der Waals surface area (Å²) in [5.41, 5.74) is 0.491. The van der Waals surface area contributed by atoms with Crippen molar-refractivity contribution in [1.29, 1.82) is 0 Å². The Bertz CT molecular complexity index is 801. The predicted molar refractivity (Wildman–Crippen MR) is 142 cm³/mol. The molecule has 0 amide bonds. The Morgan fingerprint density at radius 1 is 0.686 bits per heavy atom. The van der Waals surface area contributed by atoms with Gasteiger partial charge < -0.3 is 18.9 Å². The molecule has 0 aromatic heterocycles. The van der Waals surface area contributed by atoms with Gasteiger partial charge in [-0.05, 0) is 68.8 Å². The Labute approximate surface area is 212 Å². The number of hydrogen-bond acceptors (Lipinski definition) is 5. The van der Waals surface area contributed by atoms with Gasteiger partial charge in [0.1, 0.15) is 17.2 Å². The molecule has 0 heterocycles. The van der Waals surface area contributed by atoms with Crippen molar-refractivity contribution in [2.75, 3.05) is 19.8 Å². The van der Waals surface area contributed by atoms with Gasteiger partial charge >= 0.3 is 5.97 Å². The fourth-order valence-electron chi connectivity index (χ4n) is 3.77. The maximum absolute atomic E-state index is 12.5. The molecule has 1 atom stereocenters. The summed E-state index contributed by atoms with van der Waals surface area (Å²) in [6, 6.07) is 14.2. The average molecular weight is 485 g/mol. The van der Waals surface area contributed by atoms with Crippen molar-refractivity contribution in [2.24, 2.45) is 0 Å². The van der Waals surface area contributed by atoms with Crippen LogP contribution in [-0.4, -0.2) is 31.9 Å². The number of rotatable bonds is 19. The lowest BCUT2D eigenvalue weighted by Gasteiger charge is -2.12. The minimum Gasteiger partial charge on any atom is -0.494 e. The number of carbonyl (C=O) groups is 1. The SMILES string of the molecule is CCCCCCCCCCCOc1ccc(C(=O)Oc2ccc(OCCC(C)OCC)cc2)cc1. The monoisotopic (exact) mass is 484 g/mol. The van der Waals surface area contributed by atoms with Gasteiger partial charge in [-0.2, -0.15) is 0 Å². The quantitative estimate of drug-likeness (QED) is 0.115. The summed E-state index contributed by atoms with van der Waals surface area (Å²) < 4.78 is 22.5. The molecule has 0 bridgehead atoms. The van der Waals surface area contributed by atoms with E-state index in [1.807, 2.05) is 26.0 Å². The van der Waals surface area contributed by atoms with Crippen molar-refractivity contribution in [3.05, 3.63) is 54.1 Å². The van der Waals surface area contributed by atoms with Gasteiger partial charge in [-0.15, -0.1) is 0 Å². The van der Waals surface area contributed by atoms with Gasteiger partial charge in [0.2, 0.25) is 0 Å². The van der Waals surface area contributed by atoms with Crippen molar-refractivity contribution >= 4 is 5.97 Å². The van der Waals surface area contributed by atoms with E-state index in [-0.39, 0.29) is 6.10 Å². The van der Waals surface area contributed by atoms with Crippen LogP contribution >= 0.6 is 0 Å². The van der Waals surface area contributed by atoms with E-state index in [1.54, 1.807) is 36.4 Å². The predicted octanol–water partition coefficient (Wildman–Crippen LogP) is 8.01. The third-order valence-corrected chi connectivity index (χ3v) is 5.89. The number of unbranched alkanes of at least 4 members (excludes halogenated alkanes) is 8. The molecular weight excluding hydrogens is 440 g/mol. The van der Waals surface area contributed by atoms with Crippen LogP contribution < -0.4 is 14.2 Å². The Morgan fingerprint density at radius 2 is 1.20 bits per heavy atom. The smallest absolute Gasteiger partial charge is 0.343 e. The molecule has 0 spiro atoms. The Balaban J connectivity index is 1.62. The fraction of sp³-hybridized carbons (Fsp3) is 0.567. The van der Waals surface area contributed by atoms with E-state index in [2.05, 4.69) is 6.92 Å². The largest absolute Gasteiger partial charge is 0.494 e. The highest BCUT2D eigenvalue weighted by Crippen LogP contribution is 2.20. The van der Waals surface area contributed by atoms with Crippen LogP contribution in [-0.2, 0) is 4.74 Å². The summed E-state index contributed by atoms with van der Waals surface area (Å²) in [5.74, 6) is 1.61. The molecule has 2 aromatic carbocycles. The van der Waals surface area contributed by atoms with Gasteiger partial charge in [0.25, 0.3) is 0 Å². The van der Waals surface area contributed by atoms with Gasteiger partial charge in [0.05, 0.1) is 24.9 Å². The zero-order chi connectivity index (χ0) is 25.1. The summed E-state index contributed by atoms with van der Waals surface area (Å²) in [5, 5.41) is 0. The van der Waals surface area contributed by atoms with Crippen molar-refractivity contribution in [1.82, 2.24) is 0 Å². The van der Waals surface area contributed by atoms with Crippen molar-refractivity contribution in [2.45, 2.75) is 91.1 Å². The van der Waals surface area contributed by atoms with Crippen LogP contribution in [0, 0.1) is 0 Å². The highest BCUT2D eigenvalue weighted by molar-refractivity contribution is 5.91. The first-order valence-electron chi connectivity index (χ1n) is 13.4. The second-order valence-corrected chi connectivity index (χ2v) is 8.97. The standard InChI is InChI=1S/C30H44O5/c1-4-6-7-8-9-10-11-12-13-23-33-27-16-14-26(15-17-27)30(31)35-29-20-18-28(19-21-29)34-24-22-25(3)32-5-2/h14-21,25H,4-13,22-24H2,1-3H3. The molecule has 0 aliphatic carbocycles. The molecule has 0 aliphatic rings. The molecule has 0 radical (unpaired) electrons. The second-order valence-electron chi connectivity index (χ2n) is 8.97. The van der Waals surface area contributed by atoms with E-state index in [4.69, 9.17) is 18.9 Å². The highest BCUT2D eigenvalue weighted by Gasteiger charge is 2.09. The number of ether oxygens (including phenoxy) is 4. The maximum Gasteiger partial charge on any atom is 0.343 e. The molecule has 35 heavy (non-hydrogen) atoms. The summed E-state index contributed by atoms with van der Waals surface area (Å²) in [6.07, 6.45) is 12.6. The van der Waals surface area contributed by atoms with E-state index < -0.39 is 5.97 Å².